The third-order valence-corrected chi connectivity index (χ3v) is 3.43. The predicted molar refractivity (Wildman–Crippen MR) is 78.2 cm³/mol. The topological polar surface area (TPSA) is 46.5 Å². The summed E-state index contributed by atoms with van der Waals surface area (Å²) in [4.78, 5) is 11.5. The number of hydrogen-bond acceptors (Lipinski definition) is 2. The number of carbonyl (C=O) groups is 1. The van der Waals surface area contributed by atoms with Crippen molar-refractivity contribution in [2.45, 2.75) is 19.3 Å². The number of aliphatic carboxylic acids is 1. The van der Waals surface area contributed by atoms with Gasteiger partial charge in [-0.1, -0.05) is 42.0 Å². The number of halogens is 1. The van der Waals surface area contributed by atoms with E-state index in [1.165, 1.54) is 13.2 Å². The second-order valence-electron chi connectivity index (χ2n) is 4.94. The summed E-state index contributed by atoms with van der Waals surface area (Å²) in [5.41, 5.74) is 1.98. The number of methoxy groups -OCH3 is 1. The Morgan fingerprint density at radius 2 is 2.00 bits per heavy atom. The average molecular weight is 288 g/mol. The van der Waals surface area contributed by atoms with Crippen LogP contribution in [-0.2, 0) is 11.2 Å². The van der Waals surface area contributed by atoms with E-state index < -0.39 is 17.7 Å². The molecule has 0 amide bonds. The summed E-state index contributed by atoms with van der Waals surface area (Å²) < 4.78 is 19.1. The molecule has 0 aliphatic heterocycles. The molecule has 0 spiro atoms. The van der Waals surface area contributed by atoms with Gasteiger partial charge in [-0.25, -0.2) is 4.39 Å². The zero-order chi connectivity index (χ0) is 15.4. The zero-order valence-corrected chi connectivity index (χ0v) is 12.0. The molecule has 2 aromatic rings. The molecule has 0 heterocycles. The number of ether oxygens (including phenoxy) is 1. The fourth-order valence-corrected chi connectivity index (χ4v) is 2.33. The summed E-state index contributed by atoms with van der Waals surface area (Å²) in [5.74, 6) is -2.13. The van der Waals surface area contributed by atoms with Crippen LogP contribution in [0.5, 0.6) is 5.75 Å². The van der Waals surface area contributed by atoms with E-state index in [2.05, 4.69) is 0 Å². The van der Waals surface area contributed by atoms with Crippen LogP contribution in [0.2, 0.25) is 0 Å². The van der Waals surface area contributed by atoms with E-state index in [4.69, 9.17) is 4.74 Å². The Morgan fingerprint density at radius 3 is 2.62 bits per heavy atom. The Hall–Kier alpha value is -2.36. The molecule has 110 valence electrons. The Bertz CT molecular complexity index is 652. The van der Waals surface area contributed by atoms with Gasteiger partial charge in [0, 0.05) is 0 Å². The first kappa shape index (κ1) is 15.0. The van der Waals surface area contributed by atoms with E-state index in [1.54, 1.807) is 18.2 Å². The molecule has 4 heteroatoms. The highest BCUT2D eigenvalue weighted by Gasteiger charge is 2.22. The van der Waals surface area contributed by atoms with Crippen LogP contribution in [-0.4, -0.2) is 18.2 Å². The third kappa shape index (κ3) is 3.40. The van der Waals surface area contributed by atoms with Crippen LogP contribution in [0.1, 0.15) is 22.6 Å². The fourth-order valence-electron chi connectivity index (χ4n) is 2.33. The molecule has 0 aromatic heterocycles. The van der Waals surface area contributed by atoms with Gasteiger partial charge in [-0.05, 0) is 30.5 Å². The third-order valence-electron chi connectivity index (χ3n) is 3.43. The Balaban J connectivity index is 2.36. The van der Waals surface area contributed by atoms with Crippen molar-refractivity contribution in [2.75, 3.05) is 7.11 Å². The monoisotopic (exact) mass is 288 g/mol. The van der Waals surface area contributed by atoms with E-state index >= 15 is 0 Å². The van der Waals surface area contributed by atoms with E-state index in [0.29, 0.717) is 11.1 Å². The SMILES string of the molecule is COc1cccc(CC(C(=O)O)c2cccc(C)c2)c1F. The smallest absolute Gasteiger partial charge is 0.311 e. The quantitative estimate of drug-likeness (QED) is 0.915. The van der Waals surface area contributed by atoms with Gasteiger partial charge in [-0.3, -0.25) is 4.79 Å². The first-order chi connectivity index (χ1) is 10.0. The highest BCUT2D eigenvalue weighted by Crippen LogP contribution is 2.27. The lowest BCUT2D eigenvalue weighted by Gasteiger charge is -2.15. The fraction of sp³-hybridized carbons (Fsp3) is 0.235. The van der Waals surface area contributed by atoms with E-state index in [-0.39, 0.29) is 12.2 Å². The first-order valence-corrected chi connectivity index (χ1v) is 6.63. The molecule has 0 bridgehead atoms. The number of benzene rings is 2. The lowest BCUT2D eigenvalue weighted by molar-refractivity contribution is -0.138. The summed E-state index contributed by atoms with van der Waals surface area (Å²) in [7, 11) is 1.39. The molecule has 1 atom stereocenters. The molecule has 2 aromatic carbocycles. The first-order valence-electron chi connectivity index (χ1n) is 6.63. The van der Waals surface area contributed by atoms with E-state index in [1.807, 2.05) is 25.1 Å². The molecular formula is C17H17FO3. The van der Waals surface area contributed by atoms with Crippen molar-refractivity contribution in [1.29, 1.82) is 0 Å². The predicted octanol–water partition coefficient (Wildman–Crippen LogP) is 3.55. The molecular weight excluding hydrogens is 271 g/mol. The van der Waals surface area contributed by atoms with Crippen molar-refractivity contribution in [1.82, 2.24) is 0 Å². The highest BCUT2D eigenvalue weighted by molar-refractivity contribution is 5.76. The molecule has 2 rings (SSSR count). The van der Waals surface area contributed by atoms with Crippen molar-refractivity contribution in [2.24, 2.45) is 0 Å². The molecule has 0 saturated heterocycles. The van der Waals surface area contributed by atoms with Crippen LogP contribution < -0.4 is 4.74 Å². The minimum absolute atomic E-state index is 0.0851. The van der Waals surface area contributed by atoms with Gasteiger partial charge in [0.05, 0.1) is 13.0 Å². The van der Waals surface area contributed by atoms with Crippen molar-refractivity contribution < 1.29 is 19.0 Å². The largest absolute Gasteiger partial charge is 0.494 e. The summed E-state index contributed by atoms with van der Waals surface area (Å²) in [5, 5.41) is 9.44. The highest BCUT2D eigenvalue weighted by atomic mass is 19.1. The average Bonchev–Trinajstić information content (AvgIpc) is 2.45. The van der Waals surface area contributed by atoms with Gasteiger partial charge < -0.3 is 9.84 Å². The summed E-state index contributed by atoms with van der Waals surface area (Å²) >= 11 is 0. The maximum absolute atomic E-state index is 14.2. The maximum Gasteiger partial charge on any atom is 0.311 e. The normalized spacial score (nSPS) is 12.0. The van der Waals surface area contributed by atoms with Crippen molar-refractivity contribution in [3.63, 3.8) is 0 Å². The van der Waals surface area contributed by atoms with Crippen LogP contribution in [0.15, 0.2) is 42.5 Å². The number of hydrogen-bond donors (Lipinski definition) is 1. The van der Waals surface area contributed by atoms with Gasteiger partial charge in [-0.15, -0.1) is 0 Å². The number of carboxylic acid groups (broad SMARTS) is 1. The van der Waals surface area contributed by atoms with Gasteiger partial charge in [0.15, 0.2) is 11.6 Å². The lowest BCUT2D eigenvalue weighted by Crippen LogP contribution is -2.15. The van der Waals surface area contributed by atoms with E-state index in [9.17, 15) is 14.3 Å². The summed E-state index contributed by atoms with van der Waals surface area (Å²) in [6.07, 6.45) is 0.0851. The van der Waals surface area contributed by atoms with E-state index in [0.717, 1.165) is 5.56 Å². The zero-order valence-electron chi connectivity index (χ0n) is 12.0. The number of rotatable bonds is 5. The Morgan fingerprint density at radius 1 is 1.29 bits per heavy atom. The van der Waals surface area contributed by atoms with Crippen LogP contribution in [0.4, 0.5) is 4.39 Å². The molecule has 21 heavy (non-hydrogen) atoms. The van der Waals surface area contributed by atoms with Crippen molar-refractivity contribution in [3.05, 3.63) is 65.0 Å². The van der Waals surface area contributed by atoms with Gasteiger partial charge in [0.1, 0.15) is 0 Å². The standard InChI is InChI=1S/C17H17FO3/c1-11-5-3-6-12(9-11)14(17(19)20)10-13-7-4-8-15(21-2)16(13)18/h3-9,14H,10H2,1-2H3,(H,19,20). The minimum atomic E-state index is -0.970. The van der Waals surface area contributed by atoms with Gasteiger partial charge in [0.2, 0.25) is 0 Å². The summed E-state index contributed by atoms with van der Waals surface area (Å²) in [6, 6.07) is 12.0. The Kier molecular flexibility index (Phi) is 4.58. The minimum Gasteiger partial charge on any atom is -0.494 e. The Labute approximate surface area is 123 Å². The maximum atomic E-state index is 14.2. The molecule has 1 N–H and O–H groups in total. The molecule has 0 saturated carbocycles. The molecule has 3 nitrogen and oxygen atoms in total. The summed E-state index contributed by atoms with van der Waals surface area (Å²) in [6.45, 7) is 1.90. The van der Waals surface area contributed by atoms with Gasteiger partial charge in [0.25, 0.3) is 0 Å². The molecule has 1 unspecified atom stereocenters. The number of carboxylic acids is 1. The van der Waals surface area contributed by atoms with Crippen molar-refractivity contribution in [3.8, 4) is 5.75 Å². The second-order valence-corrected chi connectivity index (χ2v) is 4.94. The van der Waals surface area contributed by atoms with Crippen LogP contribution in [0, 0.1) is 12.7 Å². The second kappa shape index (κ2) is 6.39. The molecule has 0 aliphatic rings. The van der Waals surface area contributed by atoms with Crippen LogP contribution in [0.3, 0.4) is 0 Å². The molecule has 0 fully saturated rings. The van der Waals surface area contributed by atoms with Crippen molar-refractivity contribution >= 4 is 5.97 Å². The lowest BCUT2D eigenvalue weighted by atomic mass is 9.91. The van der Waals surface area contributed by atoms with Crippen LogP contribution >= 0.6 is 0 Å². The number of aryl methyl sites for hydroxylation is 1. The molecule has 0 aliphatic carbocycles. The van der Waals surface area contributed by atoms with Gasteiger partial charge >= 0.3 is 5.97 Å². The van der Waals surface area contributed by atoms with Crippen LogP contribution in [0.25, 0.3) is 0 Å². The molecule has 0 radical (unpaired) electrons. The van der Waals surface area contributed by atoms with Gasteiger partial charge in [-0.2, -0.15) is 0 Å².